The summed E-state index contributed by atoms with van der Waals surface area (Å²) in [4.78, 5) is 21.1. The molecule has 0 saturated carbocycles. The molecule has 0 bridgehead atoms. The molecule has 0 spiro atoms. The molecule has 0 amide bonds. The Hall–Kier alpha value is -2.66. The SMILES string of the molecule is O=c1c2cc(Cl)ccc2ncn1Cc1nc2ccccc2o1. The Bertz CT molecular complexity index is 1020. The molecule has 0 radical (unpaired) electrons. The summed E-state index contributed by atoms with van der Waals surface area (Å²) in [5, 5.41) is 0.983. The lowest BCUT2D eigenvalue weighted by atomic mass is 10.2. The van der Waals surface area contributed by atoms with Crippen LogP contribution in [0.3, 0.4) is 0 Å². The van der Waals surface area contributed by atoms with Crippen molar-refractivity contribution in [2.75, 3.05) is 0 Å². The molecule has 2 heterocycles. The topological polar surface area (TPSA) is 60.9 Å². The van der Waals surface area contributed by atoms with Crippen LogP contribution in [-0.4, -0.2) is 14.5 Å². The van der Waals surface area contributed by atoms with E-state index in [1.165, 1.54) is 10.9 Å². The summed E-state index contributed by atoms with van der Waals surface area (Å²) in [5.74, 6) is 0.464. The number of oxazole rings is 1. The van der Waals surface area contributed by atoms with Crippen LogP contribution in [0.25, 0.3) is 22.0 Å². The third-order valence-corrected chi connectivity index (χ3v) is 3.66. The molecule has 0 atom stereocenters. The summed E-state index contributed by atoms with van der Waals surface area (Å²) < 4.78 is 7.10. The smallest absolute Gasteiger partial charge is 0.261 e. The van der Waals surface area contributed by atoms with Gasteiger partial charge in [-0.3, -0.25) is 9.36 Å². The summed E-state index contributed by atoms with van der Waals surface area (Å²) in [6.45, 7) is 0.225. The van der Waals surface area contributed by atoms with Gasteiger partial charge < -0.3 is 4.42 Å². The highest BCUT2D eigenvalue weighted by Gasteiger charge is 2.09. The van der Waals surface area contributed by atoms with Crippen molar-refractivity contribution in [1.29, 1.82) is 0 Å². The van der Waals surface area contributed by atoms with Crippen molar-refractivity contribution in [2.45, 2.75) is 6.54 Å². The molecule has 0 N–H and O–H groups in total. The standard InChI is InChI=1S/C16H10ClN3O2/c17-10-5-6-12-11(7-10)16(21)20(9-18-12)8-15-19-13-3-1-2-4-14(13)22-15/h1-7,9H,8H2. The molecule has 0 saturated heterocycles. The molecule has 6 heteroatoms. The molecule has 2 aromatic carbocycles. The molecule has 108 valence electrons. The fourth-order valence-electron chi connectivity index (χ4n) is 2.38. The molecule has 4 rings (SSSR count). The van der Waals surface area contributed by atoms with E-state index in [-0.39, 0.29) is 12.1 Å². The van der Waals surface area contributed by atoms with Gasteiger partial charge in [0.15, 0.2) is 5.58 Å². The van der Waals surface area contributed by atoms with E-state index in [1.54, 1.807) is 18.2 Å². The first-order valence-corrected chi connectivity index (χ1v) is 7.08. The van der Waals surface area contributed by atoms with Gasteiger partial charge in [-0.15, -0.1) is 0 Å². The molecule has 0 aliphatic heterocycles. The predicted octanol–water partition coefficient (Wildman–Crippen LogP) is 3.24. The van der Waals surface area contributed by atoms with E-state index in [2.05, 4.69) is 9.97 Å². The highest BCUT2D eigenvalue weighted by molar-refractivity contribution is 6.31. The van der Waals surface area contributed by atoms with Gasteiger partial charge in [0.2, 0.25) is 5.89 Å². The Morgan fingerprint density at radius 3 is 2.86 bits per heavy atom. The maximum Gasteiger partial charge on any atom is 0.261 e. The zero-order chi connectivity index (χ0) is 15.1. The van der Waals surface area contributed by atoms with Crippen LogP contribution in [0.15, 0.2) is 58.0 Å². The fraction of sp³-hybridized carbons (Fsp3) is 0.0625. The molecular formula is C16H10ClN3O2. The summed E-state index contributed by atoms with van der Waals surface area (Å²) >= 11 is 5.95. The summed E-state index contributed by atoms with van der Waals surface area (Å²) in [6.07, 6.45) is 1.49. The molecular weight excluding hydrogens is 302 g/mol. The lowest BCUT2D eigenvalue weighted by molar-refractivity contribution is 0.503. The van der Waals surface area contributed by atoms with Gasteiger partial charge in [0.1, 0.15) is 12.1 Å². The number of rotatable bonds is 2. The van der Waals surface area contributed by atoms with E-state index in [9.17, 15) is 4.79 Å². The first-order chi connectivity index (χ1) is 10.7. The number of benzene rings is 2. The molecule has 2 aromatic heterocycles. The average Bonchev–Trinajstić information content (AvgIpc) is 2.93. The molecule has 22 heavy (non-hydrogen) atoms. The Kier molecular flexibility index (Phi) is 2.94. The van der Waals surface area contributed by atoms with Crippen LogP contribution in [0, 0.1) is 0 Å². The van der Waals surface area contributed by atoms with Gasteiger partial charge in [0.25, 0.3) is 5.56 Å². The number of hydrogen-bond donors (Lipinski definition) is 0. The van der Waals surface area contributed by atoms with Gasteiger partial charge in [-0.25, -0.2) is 9.97 Å². The van der Waals surface area contributed by atoms with Crippen molar-refractivity contribution in [3.63, 3.8) is 0 Å². The van der Waals surface area contributed by atoms with Crippen LogP contribution in [0.5, 0.6) is 0 Å². The lowest BCUT2D eigenvalue weighted by Crippen LogP contribution is -2.21. The second-order valence-electron chi connectivity index (χ2n) is 4.91. The van der Waals surface area contributed by atoms with E-state index in [1.807, 2.05) is 24.3 Å². The van der Waals surface area contributed by atoms with E-state index >= 15 is 0 Å². The zero-order valence-corrected chi connectivity index (χ0v) is 12.1. The van der Waals surface area contributed by atoms with Crippen LogP contribution in [0.2, 0.25) is 5.02 Å². The first kappa shape index (κ1) is 13.0. The van der Waals surface area contributed by atoms with E-state index in [0.29, 0.717) is 27.4 Å². The second kappa shape index (κ2) is 4.96. The van der Waals surface area contributed by atoms with E-state index in [0.717, 1.165) is 5.52 Å². The van der Waals surface area contributed by atoms with E-state index < -0.39 is 0 Å². The third kappa shape index (κ3) is 2.16. The fourth-order valence-corrected chi connectivity index (χ4v) is 2.55. The second-order valence-corrected chi connectivity index (χ2v) is 5.35. The van der Waals surface area contributed by atoms with Crippen molar-refractivity contribution in [3.8, 4) is 0 Å². The summed E-state index contributed by atoms with van der Waals surface area (Å²) in [5.41, 5.74) is 1.91. The molecule has 0 unspecified atom stereocenters. The Labute approximate surface area is 129 Å². The van der Waals surface area contributed by atoms with Gasteiger partial charge in [-0.05, 0) is 30.3 Å². The largest absolute Gasteiger partial charge is 0.439 e. The quantitative estimate of drug-likeness (QED) is 0.570. The molecule has 0 aliphatic rings. The maximum absolute atomic E-state index is 12.5. The third-order valence-electron chi connectivity index (χ3n) is 3.43. The van der Waals surface area contributed by atoms with Gasteiger partial charge in [-0.1, -0.05) is 23.7 Å². The molecule has 5 nitrogen and oxygen atoms in total. The van der Waals surface area contributed by atoms with E-state index in [4.69, 9.17) is 16.0 Å². The number of nitrogens with zero attached hydrogens (tertiary/aromatic N) is 3. The highest BCUT2D eigenvalue weighted by Crippen LogP contribution is 2.16. The van der Waals surface area contributed by atoms with Crippen molar-refractivity contribution in [1.82, 2.24) is 14.5 Å². The number of halogens is 1. The molecule has 0 fully saturated rings. The average molecular weight is 312 g/mol. The minimum absolute atomic E-state index is 0.172. The Morgan fingerprint density at radius 2 is 2.00 bits per heavy atom. The van der Waals surface area contributed by atoms with Crippen LogP contribution in [-0.2, 0) is 6.54 Å². The molecule has 0 aliphatic carbocycles. The number of fused-ring (bicyclic) bond motifs is 2. The van der Waals surface area contributed by atoms with Crippen LogP contribution < -0.4 is 5.56 Å². The van der Waals surface area contributed by atoms with Gasteiger partial charge >= 0.3 is 0 Å². The number of aromatic nitrogens is 3. The molecule has 4 aromatic rings. The van der Waals surface area contributed by atoms with Crippen molar-refractivity contribution < 1.29 is 4.42 Å². The zero-order valence-electron chi connectivity index (χ0n) is 11.4. The minimum Gasteiger partial charge on any atom is -0.439 e. The first-order valence-electron chi connectivity index (χ1n) is 6.70. The van der Waals surface area contributed by atoms with Gasteiger partial charge in [-0.2, -0.15) is 0 Å². The number of hydrogen-bond acceptors (Lipinski definition) is 4. The summed E-state index contributed by atoms with van der Waals surface area (Å²) in [6, 6.07) is 12.5. The van der Waals surface area contributed by atoms with Crippen molar-refractivity contribution in [2.24, 2.45) is 0 Å². The van der Waals surface area contributed by atoms with Gasteiger partial charge in [0, 0.05) is 5.02 Å². The lowest BCUT2D eigenvalue weighted by Gasteiger charge is -2.04. The Balaban J connectivity index is 1.80. The highest BCUT2D eigenvalue weighted by atomic mass is 35.5. The number of para-hydroxylation sites is 2. The van der Waals surface area contributed by atoms with Crippen LogP contribution in [0.4, 0.5) is 0 Å². The predicted molar refractivity (Wildman–Crippen MR) is 84.1 cm³/mol. The van der Waals surface area contributed by atoms with Gasteiger partial charge in [0.05, 0.1) is 17.2 Å². The van der Waals surface area contributed by atoms with Crippen LogP contribution in [0.1, 0.15) is 5.89 Å². The van der Waals surface area contributed by atoms with Crippen molar-refractivity contribution in [3.05, 3.63) is 70.1 Å². The Morgan fingerprint density at radius 1 is 1.14 bits per heavy atom. The monoisotopic (exact) mass is 311 g/mol. The minimum atomic E-state index is -0.172. The summed E-state index contributed by atoms with van der Waals surface area (Å²) in [7, 11) is 0. The van der Waals surface area contributed by atoms with Crippen molar-refractivity contribution >= 4 is 33.6 Å². The maximum atomic E-state index is 12.5. The normalized spacial score (nSPS) is 11.3. The van der Waals surface area contributed by atoms with Crippen LogP contribution >= 0.6 is 11.6 Å².